The zero-order valence-electron chi connectivity index (χ0n) is 12.2. The van der Waals surface area contributed by atoms with Crippen LogP contribution in [-0.2, 0) is 5.41 Å². The topological polar surface area (TPSA) is 108 Å². The molecule has 108 valence electrons. The molecule has 4 N–H and O–H groups in total. The van der Waals surface area contributed by atoms with Crippen LogP contribution in [-0.4, -0.2) is 9.97 Å². The maximum atomic E-state index is 11.8. The van der Waals surface area contributed by atoms with E-state index in [-0.39, 0.29) is 16.9 Å². The Morgan fingerprint density at radius 2 is 1.90 bits per heavy atom. The average molecular weight is 283 g/mol. The molecular weight excluding hydrogens is 266 g/mol. The summed E-state index contributed by atoms with van der Waals surface area (Å²) >= 11 is 0. The number of hydrogen-bond acceptors (Lipinski definition) is 5. The number of nitrogens with two attached hydrogens (primary N) is 1. The largest absolute Gasteiger partial charge is 0.294 e. The van der Waals surface area contributed by atoms with Crippen LogP contribution in [0.1, 0.15) is 31.9 Å². The summed E-state index contributed by atoms with van der Waals surface area (Å²) in [6.07, 6.45) is 0. The van der Waals surface area contributed by atoms with Gasteiger partial charge in [-0.05, 0) is 11.0 Å². The molecule has 0 spiro atoms. The third-order valence-electron chi connectivity index (χ3n) is 3.19. The molecule has 0 aliphatic carbocycles. The van der Waals surface area contributed by atoms with Crippen LogP contribution in [0.2, 0.25) is 0 Å². The number of rotatable bonds is 2. The van der Waals surface area contributed by atoms with Crippen molar-refractivity contribution in [3.63, 3.8) is 0 Å². The lowest BCUT2D eigenvalue weighted by atomic mass is 9.86. The summed E-state index contributed by atoms with van der Waals surface area (Å²) in [6, 6.07) is 9.52. The van der Waals surface area contributed by atoms with E-state index in [9.17, 15) is 4.79 Å². The van der Waals surface area contributed by atoms with Crippen LogP contribution in [0.5, 0.6) is 0 Å². The van der Waals surface area contributed by atoms with Crippen LogP contribution in [0.4, 0.5) is 5.95 Å². The summed E-state index contributed by atoms with van der Waals surface area (Å²) < 4.78 is 0. The normalized spacial score (nSPS) is 11.0. The molecule has 0 saturated carbocycles. The minimum absolute atomic E-state index is 0.0299. The number of benzene rings is 1. The van der Waals surface area contributed by atoms with Gasteiger partial charge in [-0.3, -0.25) is 15.2 Å². The van der Waals surface area contributed by atoms with Gasteiger partial charge in [0.15, 0.2) is 0 Å². The van der Waals surface area contributed by atoms with Gasteiger partial charge in [-0.1, -0.05) is 45.0 Å². The molecule has 1 aromatic heterocycles. The first-order valence-electron chi connectivity index (χ1n) is 6.48. The second-order valence-electron chi connectivity index (χ2n) is 5.72. The SMILES string of the molecule is CC(C)(C)c1ccc(-c2nc(NN)[nH]c(=O)c2C#N)cc1. The quantitative estimate of drug-likeness (QED) is 0.576. The molecular formula is C15H17N5O. The van der Waals surface area contributed by atoms with Crippen molar-refractivity contribution in [2.24, 2.45) is 5.84 Å². The van der Waals surface area contributed by atoms with Crippen LogP contribution >= 0.6 is 0 Å². The number of nitrogens with one attached hydrogen (secondary N) is 2. The molecule has 0 radical (unpaired) electrons. The van der Waals surface area contributed by atoms with E-state index in [2.05, 4.69) is 36.2 Å². The van der Waals surface area contributed by atoms with E-state index in [4.69, 9.17) is 11.1 Å². The van der Waals surface area contributed by atoms with Crippen molar-refractivity contribution < 1.29 is 0 Å². The van der Waals surface area contributed by atoms with Gasteiger partial charge in [0, 0.05) is 5.56 Å². The van der Waals surface area contributed by atoms with Crippen molar-refractivity contribution in [1.29, 1.82) is 5.26 Å². The highest BCUT2D eigenvalue weighted by Gasteiger charge is 2.16. The van der Waals surface area contributed by atoms with Crippen molar-refractivity contribution in [2.45, 2.75) is 26.2 Å². The number of nitrogen functional groups attached to an aromatic ring is 1. The molecule has 0 bridgehead atoms. The smallest absolute Gasteiger partial charge is 0.270 e. The molecule has 1 heterocycles. The Hall–Kier alpha value is -2.65. The fraction of sp³-hybridized carbons (Fsp3) is 0.267. The molecule has 0 unspecified atom stereocenters. The number of aromatic nitrogens is 2. The Morgan fingerprint density at radius 1 is 1.29 bits per heavy atom. The minimum atomic E-state index is -0.518. The van der Waals surface area contributed by atoms with Crippen molar-refractivity contribution in [2.75, 3.05) is 5.43 Å². The van der Waals surface area contributed by atoms with Crippen LogP contribution in [0.15, 0.2) is 29.1 Å². The van der Waals surface area contributed by atoms with Gasteiger partial charge < -0.3 is 0 Å². The summed E-state index contributed by atoms with van der Waals surface area (Å²) in [5, 5.41) is 9.15. The van der Waals surface area contributed by atoms with Crippen LogP contribution in [0, 0.1) is 11.3 Å². The molecule has 21 heavy (non-hydrogen) atoms. The second kappa shape index (κ2) is 5.38. The number of H-pyrrole nitrogens is 1. The lowest BCUT2D eigenvalue weighted by Crippen LogP contribution is -2.20. The Kier molecular flexibility index (Phi) is 3.78. The van der Waals surface area contributed by atoms with E-state index in [0.29, 0.717) is 11.3 Å². The Balaban J connectivity index is 2.59. The predicted octanol–water partition coefficient (Wildman–Crippen LogP) is 1.89. The van der Waals surface area contributed by atoms with Gasteiger partial charge in [-0.25, -0.2) is 10.8 Å². The molecule has 0 aliphatic rings. The standard InChI is InChI=1S/C15H17N5O/c1-15(2,3)10-6-4-9(5-7-10)12-11(8-16)13(21)19-14(18-12)20-17/h4-7H,17H2,1-3H3,(H2,18,19,20,21). The minimum Gasteiger partial charge on any atom is -0.294 e. The maximum absolute atomic E-state index is 11.8. The number of aromatic amines is 1. The summed E-state index contributed by atoms with van der Waals surface area (Å²) in [5.41, 5.74) is 3.94. The molecule has 0 amide bonds. The molecule has 1 aromatic carbocycles. The molecule has 2 rings (SSSR count). The highest BCUT2D eigenvalue weighted by atomic mass is 16.1. The van der Waals surface area contributed by atoms with E-state index in [1.807, 2.05) is 30.3 Å². The first-order chi connectivity index (χ1) is 9.86. The highest BCUT2D eigenvalue weighted by Crippen LogP contribution is 2.26. The average Bonchev–Trinajstić information content (AvgIpc) is 2.45. The first kappa shape index (κ1) is 14.8. The van der Waals surface area contributed by atoms with E-state index < -0.39 is 5.56 Å². The van der Waals surface area contributed by atoms with Gasteiger partial charge in [0.1, 0.15) is 11.6 Å². The molecule has 6 heteroatoms. The lowest BCUT2D eigenvalue weighted by molar-refractivity contribution is 0.590. The summed E-state index contributed by atoms with van der Waals surface area (Å²) in [5.74, 6) is 5.39. The van der Waals surface area contributed by atoms with Crippen molar-refractivity contribution >= 4 is 5.95 Å². The van der Waals surface area contributed by atoms with Gasteiger partial charge in [-0.2, -0.15) is 5.26 Å². The fourth-order valence-electron chi connectivity index (χ4n) is 1.98. The molecule has 0 fully saturated rings. The molecule has 2 aromatic rings. The number of hydrogen-bond donors (Lipinski definition) is 3. The van der Waals surface area contributed by atoms with Gasteiger partial charge in [0.25, 0.3) is 5.56 Å². The van der Waals surface area contributed by atoms with E-state index in [1.54, 1.807) is 0 Å². The third-order valence-corrected chi connectivity index (χ3v) is 3.19. The summed E-state index contributed by atoms with van der Waals surface area (Å²) in [4.78, 5) is 18.4. The van der Waals surface area contributed by atoms with E-state index in [1.165, 1.54) is 0 Å². The number of anilines is 1. The fourth-order valence-corrected chi connectivity index (χ4v) is 1.98. The van der Waals surface area contributed by atoms with Gasteiger partial charge in [0.2, 0.25) is 5.95 Å². The van der Waals surface area contributed by atoms with Gasteiger partial charge in [0.05, 0.1) is 5.69 Å². The number of nitrogens with zero attached hydrogens (tertiary/aromatic N) is 2. The Bertz CT molecular complexity index is 748. The zero-order chi connectivity index (χ0) is 15.6. The predicted molar refractivity (Wildman–Crippen MR) is 81.5 cm³/mol. The summed E-state index contributed by atoms with van der Waals surface area (Å²) in [7, 11) is 0. The zero-order valence-corrected chi connectivity index (χ0v) is 12.2. The van der Waals surface area contributed by atoms with Crippen molar-refractivity contribution in [3.05, 3.63) is 45.7 Å². The first-order valence-corrected chi connectivity index (χ1v) is 6.48. The van der Waals surface area contributed by atoms with E-state index >= 15 is 0 Å². The maximum Gasteiger partial charge on any atom is 0.270 e. The van der Waals surface area contributed by atoms with E-state index in [0.717, 1.165) is 5.56 Å². The van der Waals surface area contributed by atoms with Gasteiger partial charge >= 0.3 is 0 Å². The molecule has 0 aliphatic heterocycles. The Morgan fingerprint density at radius 3 is 2.38 bits per heavy atom. The number of nitriles is 1. The summed E-state index contributed by atoms with van der Waals surface area (Å²) in [6.45, 7) is 6.35. The second-order valence-corrected chi connectivity index (χ2v) is 5.72. The van der Waals surface area contributed by atoms with Crippen LogP contribution in [0.3, 0.4) is 0 Å². The molecule has 0 saturated heterocycles. The van der Waals surface area contributed by atoms with Crippen LogP contribution < -0.4 is 16.8 Å². The lowest BCUT2D eigenvalue weighted by Gasteiger charge is -2.19. The molecule has 0 atom stereocenters. The van der Waals surface area contributed by atoms with Crippen molar-refractivity contribution in [1.82, 2.24) is 9.97 Å². The van der Waals surface area contributed by atoms with Crippen LogP contribution in [0.25, 0.3) is 11.3 Å². The molecule has 6 nitrogen and oxygen atoms in total. The van der Waals surface area contributed by atoms with Gasteiger partial charge in [-0.15, -0.1) is 0 Å². The number of hydrazine groups is 1. The van der Waals surface area contributed by atoms with Crippen molar-refractivity contribution in [3.8, 4) is 17.3 Å². The third kappa shape index (κ3) is 2.93. The monoisotopic (exact) mass is 283 g/mol. The highest BCUT2D eigenvalue weighted by molar-refractivity contribution is 5.67. The Labute approximate surface area is 122 Å².